The minimum Gasteiger partial charge on any atom is -0.220 e. The topological polar surface area (TPSA) is 41.6 Å². The van der Waals surface area contributed by atoms with E-state index in [2.05, 4.69) is 11.2 Å². The monoisotopic (exact) mass is 273 g/mol. The third kappa shape index (κ3) is 2.36. The van der Waals surface area contributed by atoms with Crippen LogP contribution in [0.2, 0.25) is 5.15 Å². The van der Waals surface area contributed by atoms with E-state index in [9.17, 15) is 5.26 Å². The van der Waals surface area contributed by atoms with Gasteiger partial charge in [-0.25, -0.2) is 4.68 Å². The average molecular weight is 274 g/mol. The van der Waals surface area contributed by atoms with Crippen molar-refractivity contribution in [3.05, 3.63) is 46.2 Å². The summed E-state index contributed by atoms with van der Waals surface area (Å²) in [5, 5.41) is 14.2. The summed E-state index contributed by atoms with van der Waals surface area (Å²) in [4.78, 5) is 0. The molecule has 98 valence electrons. The molecule has 0 aliphatic carbocycles. The molecule has 2 aromatic rings. The molecule has 0 aliphatic rings. The molecule has 3 nitrogen and oxygen atoms in total. The van der Waals surface area contributed by atoms with Crippen molar-refractivity contribution in [2.75, 3.05) is 0 Å². The maximum atomic E-state index is 9.30. The second-order valence-electron chi connectivity index (χ2n) is 5.57. The van der Waals surface area contributed by atoms with Gasteiger partial charge in [0.25, 0.3) is 0 Å². The quantitative estimate of drug-likeness (QED) is 0.788. The maximum absolute atomic E-state index is 9.30. The Bertz CT molecular complexity index is 657. The van der Waals surface area contributed by atoms with Gasteiger partial charge in [0.1, 0.15) is 11.6 Å². The minimum atomic E-state index is -0.220. The normalized spacial score (nSPS) is 11.4. The number of hydrogen-bond donors (Lipinski definition) is 0. The molecule has 2 rings (SSSR count). The van der Waals surface area contributed by atoms with Gasteiger partial charge in [-0.2, -0.15) is 10.4 Å². The van der Waals surface area contributed by atoms with Crippen molar-refractivity contribution >= 4 is 11.6 Å². The summed E-state index contributed by atoms with van der Waals surface area (Å²) in [5.74, 6) is 0. The molecule has 0 amide bonds. The van der Waals surface area contributed by atoms with Crippen molar-refractivity contribution in [1.82, 2.24) is 9.78 Å². The molecule has 0 aliphatic heterocycles. The Morgan fingerprint density at radius 2 is 1.89 bits per heavy atom. The number of rotatable bonds is 1. The lowest BCUT2D eigenvalue weighted by Gasteiger charge is -2.15. The number of nitriles is 1. The van der Waals surface area contributed by atoms with Crippen LogP contribution < -0.4 is 0 Å². The van der Waals surface area contributed by atoms with E-state index in [0.29, 0.717) is 10.7 Å². The van der Waals surface area contributed by atoms with Crippen LogP contribution in [0.4, 0.5) is 0 Å². The molecular weight excluding hydrogens is 258 g/mol. The van der Waals surface area contributed by atoms with Crippen LogP contribution >= 0.6 is 11.6 Å². The summed E-state index contributed by atoms with van der Waals surface area (Å²) >= 11 is 6.32. The molecule has 0 saturated carbocycles. The Balaban J connectivity index is 2.72. The lowest BCUT2D eigenvalue weighted by atomic mass is 9.90. The van der Waals surface area contributed by atoms with E-state index in [0.717, 1.165) is 16.9 Å². The first-order chi connectivity index (χ1) is 8.86. The fourth-order valence-electron chi connectivity index (χ4n) is 1.98. The predicted molar refractivity (Wildman–Crippen MR) is 76.7 cm³/mol. The van der Waals surface area contributed by atoms with Crippen LogP contribution in [0.5, 0.6) is 0 Å². The molecule has 0 saturated heterocycles. The summed E-state index contributed by atoms with van der Waals surface area (Å²) in [5.41, 5.74) is 2.93. The second-order valence-corrected chi connectivity index (χ2v) is 5.93. The van der Waals surface area contributed by atoms with Crippen LogP contribution in [0.3, 0.4) is 0 Å². The van der Waals surface area contributed by atoms with Gasteiger partial charge in [0.15, 0.2) is 5.15 Å². The van der Waals surface area contributed by atoms with Gasteiger partial charge >= 0.3 is 0 Å². The number of aryl methyl sites for hydroxylation is 1. The molecule has 0 atom stereocenters. The number of halogens is 1. The van der Waals surface area contributed by atoms with Gasteiger partial charge in [-0.3, -0.25) is 0 Å². The molecule has 4 heteroatoms. The molecule has 1 aromatic carbocycles. The predicted octanol–water partition coefficient (Wildman–Crippen LogP) is 4.00. The SMILES string of the molecule is Cc1ccccc1-n1nc(C(C)(C)C)c(C#N)c1Cl. The molecule has 0 radical (unpaired) electrons. The number of hydrogen-bond acceptors (Lipinski definition) is 2. The van der Waals surface area contributed by atoms with E-state index in [1.807, 2.05) is 52.0 Å². The highest BCUT2D eigenvalue weighted by Crippen LogP contribution is 2.31. The lowest BCUT2D eigenvalue weighted by molar-refractivity contribution is 0.559. The van der Waals surface area contributed by atoms with Crippen LogP contribution in [0.15, 0.2) is 24.3 Å². The fraction of sp³-hybridized carbons (Fsp3) is 0.333. The van der Waals surface area contributed by atoms with Gasteiger partial charge in [-0.05, 0) is 18.6 Å². The Morgan fingerprint density at radius 3 is 2.37 bits per heavy atom. The van der Waals surface area contributed by atoms with E-state index in [1.54, 1.807) is 4.68 Å². The van der Waals surface area contributed by atoms with Crippen molar-refractivity contribution in [3.63, 3.8) is 0 Å². The summed E-state index contributed by atoms with van der Waals surface area (Å²) in [7, 11) is 0. The lowest BCUT2D eigenvalue weighted by Crippen LogP contribution is -2.14. The van der Waals surface area contributed by atoms with Crippen LogP contribution in [-0.2, 0) is 5.41 Å². The number of benzene rings is 1. The molecule has 1 heterocycles. The van der Waals surface area contributed by atoms with E-state index < -0.39 is 0 Å². The van der Waals surface area contributed by atoms with Gasteiger partial charge in [0.2, 0.25) is 0 Å². The minimum absolute atomic E-state index is 0.220. The summed E-state index contributed by atoms with van der Waals surface area (Å²) in [6.45, 7) is 8.06. The molecule has 0 spiro atoms. The van der Waals surface area contributed by atoms with Gasteiger partial charge in [-0.15, -0.1) is 0 Å². The second kappa shape index (κ2) is 4.71. The van der Waals surface area contributed by atoms with Crippen molar-refractivity contribution in [2.24, 2.45) is 0 Å². The maximum Gasteiger partial charge on any atom is 0.150 e. The first-order valence-corrected chi connectivity index (χ1v) is 6.49. The van der Waals surface area contributed by atoms with Gasteiger partial charge in [0, 0.05) is 5.41 Å². The van der Waals surface area contributed by atoms with Crippen molar-refractivity contribution in [1.29, 1.82) is 5.26 Å². The number of nitrogens with zero attached hydrogens (tertiary/aromatic N) is 3. The van der Waals surface area contributed by atoms with E-state index in [1.165, 1.54) is 0 Å². The fourth-order valence-corrected chi connectivity index (χ4v) is 2.24. The molecule has 19 heavy (non-hydrogen) atoms. The highest BCUT2D eigenvalue weighted by Gasteiger charge is 2.26. The third-order valence-electron chi connectivity index (χ3n) is 2.99. The first-order valence-electron chi connectivity index (χ1n) is 6.11. The summed E-state index contributed by atoms with van der Waals surface area (Å²) in [6, 6.07) is 10.0. The number of aromatic nitrogens is 2. The molecule has 0 unspecified atom stereocenters. The number of para-hydroxylation sites is 1. The highest BCUT2D eigenvalue weighted by molar-refractivity contribution is 6.31. The zero-order valence-corrected chi connectivity index (χ0v) is 12.3. The van der Waals surface area contributed by atoms with E-state index in [-0.39, 0.29) is 5.41 Å². The Kier molecular flexibility index (Phi) is 3.38. The van der Waals surface area contributed by atoms with Crippen LogP contribution in [0, 0.1) is 18.3 Å². The smallest absolute Gasteiger partial charge is 0.150 e. The average Bonchev–Trinajstić information content (AvgIpc) is 2.67. The van der Waals surface area contributed by atoms with Gasteiger partial charge < -0.3 is 0 Å². The van der Waals surface area contributed by atoms with Crippen LogP contribution in [-0.4, -0.2) is 9.78 Å². The van der Waals surface area contributed by atoms with Crippen molar-refractivity contribution in [2.45, 2.75) is 33.1 Å². The van der Waals surface area contributed by atoms with Gasteiger partial charge in [-0.1, -0.05) is 50.6 Å². The Morgan fingerprint density at radius 1 is 1.26 bits per heavy atom. The van der Waals surface area contributed by atoms with Crippen molar-refractivity contribution < 1.29 is 0 Å². The zero-order chi connectivity index (χ0) is 14.2. The molecular formula is C15H16ClN3. The molecule has 1 aromatic heterocycles. The molecule has 0 N–H and O–H groups in total. The zero-order valence-electron chi connectivity index (χ0n) is 11.5. The Hall–Kier alpha value is -1.79. The first kappa shape index (κ1) is 13.6. The van der Waals surface area contributed by atoms with Gasteiger partial charge in [0.05, 0.1) is 11.4 Å². The molecule has 0 bridgehead atoms. The van der Waals surface area contributed by atoms with Crippen LogP contribution in [0.25, 0.3) is 5.69 Å². The third-order valence-corrected chi connectivity index (χ3v) is 3.34. The largest absolute Gasteiger partial charge is 0.220 e. The van der Waals surface area contributed by atoms with E-state index in [4.69, 9.17) is 11.6 Å². The molecule has 0 fully saturated rings. The van der Waals surface area contributed by atoms with E-state index >= 15 is 0 Å². The summed E-state index contributed by atoms with van der Waals surface area (Å²) in [6.07, 6.45) is 0. The van der Waals surface area contributed by atoms with Crippen molar-refractivity contribution in [3.8, 4) is 11.8 Å². The standard InChI is InChI=1S/C15H16ClN3/c1-10-7-5-6-8-12(10)19-14(16)11(9-17)13(18-19)15(2,3)4/h5-8H,1-4H3. The summed E-state index contributed by atoms with van der Waals surface area (Å²) < 4.78 is 1.65. The highest BCUT2D eigenvalue weighted by atomic mass is 35.5. The Labute approximate surface area is 118 Å². The van der Waals surface area contributed by atoms with Crippen LogP contribution in [0.1, 0.15) is 37.6 Å².